The summed E-state index contributed by atoms with van der Waals surface area (Å²) in [6.45, 7) is 4.53. The number of ether oxygens (including phenoxy) is 1. The van der Waals surface area contributed by atoms with Gasteiger partial charge in [0.25, 0.3) is 0 Å². The van der Waals surface area contributed by atoms with Crippen LogP contribution in [0.2, 0.25) is 0 Å². The van der Waals surface area contributed by atoms with Gasteiger partial charge in [-0.25, -0.2) is 0 Å². The lowest BCUT2D eigenvalue weighted by molar-refractivity contribution is 0.0323. The molecule has 0 fully saturated rings. The lowest BCUT2D eigenvalue weighted by Gasteiger charge is -2.27. The second kappa shape index (κ2) is 5.28. The molecule has 1 aliphatic rings. The van der Waals surface area contributed by atoms with Crippen LogP contribution in [0.3, 0.4) is 0 Å². The van der Waals surface area contributed by atoms with E-state index in [2.05, 4.69) is 30.8 Å². The molecule has 0 bridgehead atoms. The molecule has 1 aromatic carbocycles. The minimum atomic E-state index is 0.147. The molecule has 16 heavy (non-hydrogen) atoms. The molecule has 0 aromatic heterocycles. The van der Waals surface area contributed by atoms with Gasteiger partial charge in [-0.2, -0.15) is 0 Å². The molecule has 0 aliphatic carbocycles. The van der Waals surface area contributed by atoms with Crippen molar-refractivity contribution in [2.45, 2.75) is 31.4 Å². The first-order chi connectivity index (χ1) is 7.81. The Morgan fingerprint density at radius 2 is 2.31 bits per heavy atom. The van der Waals surface area contributed by atoms with E-state index in [0.717, 1.165) is 25.9 Å². The Hall–Kier alpha value is -1.12. The van der Waals surface area contributed by atoms with Crippen molar-refractivity contribution in [1.82, 2.24) is 0 Å². The molecule has 0 radical (unpaired) electrons. The third-order valence-electron chi connectivity index (χ3n) is 3.08. The van der Waals surface area contributed by atoms with Crippen LogP contribution in [-0.2, 0) is 11.2 Å². The minimum absolute atomic E-state index is 0.147. The van der Waals surface area contributed by atoms with Crippen LogP contribution in [0, 0.1) is 0 Å². The topological polar surface area (TPSA) is 35.2 Å². The maximum Gasteiger partial charge on any atom is 0.0842 e. The zero-order chi connectivity index (χ0) is 11.4. The van der Waals surface area contributed by atoms with E-state index in [4.69, 9.17) is 10.5 Å². The number of rotatable bonds is 4. The van der Waals surface area contributed by atoms with Crippen molar-refractivity contribution in [1.29, 1.82) is 0 Å². The van der Waals surface area contributed by atoms with Crippen LogP contribution in [0.1, 0.15) is 30.1 Å². The Bertz CT molecular complexity index is 362. The fourth-order valence-corrected chi connectivity index (χ4v) is 2.26. The molecular weight excluding hydrogens is 198 g/mol. The highest BCUT2D eigenvalue weighted by molar-refractivity contribution is 5.31. The van der Waals surface area contributed by atoms with Gasteiger partial charge in [0.05, 0.1) is 12.7 Å². The van der Waals surface area contributed by atoms with Gasteiger partial charge in [-0.3, -0.25) is 0 Å². The first kappa shape index (κ1) is 11.4. The molecule has 0 saturated heterocycles. The summed E-state index contributed by atoms with van der Waals surface area (Å²) in [4.78, 5) is 0. The van der Waals surface area contributed by atoms with E-state index in [1.807, 2.05) is 6.08 Å². The maximum absolute atomic E-state index is 6.02. The van der Waals surface area contributed by atoms with Gasteiger partial charge in [0.2, 0.25) is 0 Å². The summed E-state index contributed by atoms with van der Waals surface area (Å²) in [5.74, 6) is 0. The smallest absolute Gasteiger partial charge is 0.0842 e. The summed E-state index contributed by atoms with van der Waals surface area (Å²) >= 11 is 0. The standard InChI is InChI=1S/C14H19NO/c1-2-5-12(15)10-14-13-7-4-3-6-11(13)8-9-16-14/h2-4,6-7,12,14H,1,5,8-10,15H2. The quantitative estimate of drug-likeness (QED) is 0.787. The molecule has 2 unspecified atom stereocenters. The van der Waals surface area contributed by atoms with E-state index in [9.17, 15) is 0 Å². The van der Waals surface area contributed by atoms with E-state index < -0.39 is 0 Å². The molecule has 2 rings (SSSR count). The molecule has 0 saturated carbocycles. The third-order valence-corrected chi connectivity index (χ3v) is 3.08. The predicted molar refractivity (Wildman–Crippen MR) is 66.2 cm³/mol. The van der Waals surface area contributed by atoms with Crippen LogP contribution in [0.25, 0.3) is 0 Å². The van der Waals surface area contributed by atoms with Crippen molar-refractivity contribution in [2.75, 3.05) is 6.61 Å². The van der Waals surface area contributed by atoms with Gasteiger partial charge in [-0.1, -0.05) is 30.3 Å². The molecule has 2 nitrogen and oxygen atoms in total. The van der Waals surface area contributed by atoms with Gasteiger partial charge in [0.1, 0.15) is 0 Å². The summed E-state index contributed by atoms with van der Waals surface area (Å²) in [7, 11) is 0. The largest absolute Gasteiger partial charge is 0.373 e. The zero-order valence-electron chi connectivity index (χ0n) is 9.56. The van der Waals surface area contributed by atoms with Gasteiger partial charge in [0.15, 0.2) is 0 Å². The molecule has 0 amide bonds. The summed E-state index contributed by atoms with van der Waals surface area (Å²) in [5, 5.41) is 0. The average molecular weight is 217 g/mol. The Labute approximate surface area is 97.1 Å². The molecule has 2 N–H and O–H groups in total. The molecule has 2 atom stereocenters. The highest BCUT2D eigenvalue weighted by Crippen LogP contribution is 2.30. The van der Waals surface area contributed by atoms with Crippen molar-refractivity contribution in [3.8, 4) is 0 Å². The van der Waals surface area contributed by atoms with Crippen LogP contribution in [-0.4, -0.2) is 12.6 Å². The van der Waals surface area contributed by atoms with Crippen LogP contribution in [0.4, 0.5) is 0 Å². The predicted octanol–water partition coefficient (Wildman–Crippen LogP) is 2.59. The Kier molecular flexibility index (Phi) is 3.75. The normalized spacial score (nSPS) is 21.2. The van der Waals surface area contributed by atoms with Gasteiger partial charge in [-0.05, 0) is 30.4 Å². The van der Waals surface area contributed by atoms with Crippen LogP contribution in [0.5, 0.6) is 0 Å². The molecule has 2 heteroatoms. The fraction of sp³-hybridized carbons (Fsp3) is 0.429. The first-order valence-corrected chi connectivity index (χ1v) is 5.87. The van der Waals surface area contributed by atoms with Crippen molar-refractivity contribution in [3.63, 3.8) is 0 Å². The number of hydrogen-bond donors (Lipinski definition) is 1. The zero-order valence-corrected chi connectivity index (χ0v) is 9.56. The monoisotopic (exact) mass is 217 g/mol. The van der Waals surface area contributed by atoms with E-state index in [1.165, 1.54) is 11.1 Å². The number of hydrogen-bond acceptors (Lipinski definition) is 2. The Balaban J connectivity index is 2.09. The summed E-state index contributed by atoms with van der Waals surface area (Å²) < 4.78 is 5.81. The lowest BCUT2D eigenvalue weighted by Crippen LogP contribution is -2.26. The van der Waals surface area contributed by atoms with Crippen molar-refractivity contribution in [3.05, 3.63) is 48.0 Å². The molecule has 1 aliphatic heterocycles. The van der Waals surface area contributed by atoms with Gasteiger partial charge in [-0.15, -0.1) is 6.58 Å². The third kappa shape index (κ3) is 2.52. The Morgan fingerprint density at radius 3 is 3.12 bits per heavy atom. The van der Waals surface area contributed by atoms with Gasteiger partial charge >= 0.3 is 0 Å². The number of fused-ring (bicyclic) bond motifs is 1. The highest BCUT2D eigenvalue weighted by Gasteiger charge is 2.21. The molecule has 1 heterocycles. The minimum Gasteiger partial charge on any atom is -0.373 e. The maximum atomic E-state index is 6.02. The van der Waals surface area contributed by atoms with E-state index in [-0.39, 0.29) is 12.1 Å². The van der Waals surface area contributed by atoms with Gasteiger partial charge < -0.3 is 10.5 Å². The first-order valence-electron chi connectivity index (χ1n) is 5.87. The lowest BCUT2D eigenvalue weighted by atomic mass is 9.93. The van der Waals surface area contributed by atoms with Crippen molar-refractivity contribution in [2.24, 2.45) is 5.73 Å². The van der Waals surface area contributed by atoms with Crippen LogP contribution >= 0.6 is 0 Å². The average Bonchev–Trinajstić information content (AvgIpc) is 2.30. The Morgan fingerprint density at radius 1 is 1.50 bits per heavy atom. The van der Waals surface area contributed by atoms with Crippen molar-refractivity contribution >= 4 is 0 Å². The second-order valence-corrected chi connectivity index (χ2v) is 4.33. The van der Waals surface area contributed by atoms with Crippen LogP contribution in [0.15, 0.2) is 36.9 Å². The van der Waals surface area contributed by atoms with E-state index >= 15 is 0 Å². The SMILES string of the molecule is C=CCC(N)CC1OCCc2ccccc21. The molecule has 1 aromatic rings. The number of nitrogens with two attached hydrogens (primary N) is 1. The summed E-state index contributed by atoms with van der Waals surface area (Å²) in [6, 6.07) is 8.64. The highest BCUT2D eigenvalue weighted by atomic mass is 16.5. The van der Waals surface area contributed by atoms with Crippen molar-refractivity contribution < 1.29 is 4.74 Å². The summed E-state index contributed by atoms with van der Waals surface area (Å²) in [5.41, 5.74) is 8.74. The summed E-state index contributed by atoms with van der Waals surface area (Å²) in [6.07, 6.45) is 4.79. The van der Waals surface area contributed by atoms with E-state index in [1.54, 1.807) is 0 Å². The van der Waals surface area contributed by atoms with Crippen LogP contribution < -0.4 is 5.73 Å². The number of benzene rings is 1. The molecule has 86 valence electrons. The molecular formula is C14H19NO. The van der Waals surface area contributed by atoms with Gasteiger partial charge in [0, 0.05) is 6.04 Å². The fourth-order valence-electron chi connectivity index (χ4n) is 2.26. The molecule has 0 spiro atoms. The second-order valence-electron chi connectivity index (χ2n) is 4.33. The van der Waals surface area contributed by atoms with E-state index in [0.29, 0.717) is 0 Å².